The molecule has 2 nitrogen and oxygen atoms in total. The van der Waals surface area contributed by atoms with Gasteiger partial charge in [0.25, 0.3) is 6.71 Å². The van der Waals surface area contributed by atoms with E-state index in [1.54, 1.807) is 0 Å². The lowest BCUT2D eigenvalue weighted by molar-refractivity contribution is 0.591. The number of hydrogen-bond donors (Lipinski definition) is 0. The van der Waals surface area contributed by atoms with Crippen molar-refractivity contribution in [3.05, 3.63) is 222 Å². The summed E-state index contributed by atoms with van der Waals surface area (Å²) in [5.74, 6) is 0. The number of nitrogens with zero attached hydrogens (tertiary/aromatic N) is 2. The molecule has 0 unspecified atom stereocenters. The molecule has 0 bridgehead atoms. The molecule has 9 aromatic carbocycles. The van der Waals surface area contributed by atoms with E-state index >= 15 is 0 Å². The third-order valence-electron chi connectivity index (χ3n) is 15.4. The van der Waals surface area contributed by atoms with Gasteiger partial charge in [-0.1, -0.05) is 235 Å². The van der Waals surface area contributed by atoms with E-state index in [-0.39, 0.29) is 28.4 Å². The molecule has 0 spiro atoms. The Hall–Kier alpha value is -7.36. The lowest BCUT2D eigenvalue weighted by Crippen LogP contribution is -2.61. The third-order valence-corrected chi connectivity index (χ3v) is 15.4. The molecule has 11 rings (SSSR count). The van der Waals surface area contributed by atoms with Crippen LogP contribution < -0.4 is 26.2 Å². The molecular weight excluding hydrogens is 880 g/mol. The van der Waals surface area contributed by atoms with Crippen LogP contribution in [0.5, 0.6) is 0 Å². The van der Waals surface area contributed by atoms with Crippen LogP contribution >= 0.6 is 0 Å². The van der Waals surface area contributed by atoms with Gasteiger partial charge in [-0.3, -0.25) is 0 Å². The van der Waals surface area contributed by atoms with E-state index in [0.717, 1.165) is 11.4 Å². The highest BCUT2D eigenvalue weighted by Gasteiger charge is 2.45. The van der Waals surface area contributed by atoms with Gasteiger partial charge in [0.15, 0.2) is 0 Å². The smallest absolute Gasteiger partial charge is 0.252 e. The summed E-state index contributed by atoms with van der Waals surface area (Å²) in [5.41, 5.74) is 26.0. The highest BCUT2D eigenvalue weighted by molar-refractivity contribution is 7.00. The van der Waals surface area contributed by atoms with Gasteiger partial charge in [0.05, 0.1) is 0 Å². The standard InChI is InChI=1S/C70H69BN2/c1-67(2,3)56-38-36-50(40-52(56)46-26-17-13-18-27-46)72-62-34-25-35-63-66(62)71(60-44-58(69(7,8)9)54(42-64(60)72)48-30-21-15-22-31-48)61-45-59(70(10,11)12)55(49-32-23-16-24-33-49)43-65(61)73(63)51-37-39-57(68(4,5)6)53(41-51)47-28-19-14-20-29-47/h13-45H,1-12H3. The van der Waals surface area contributed by atoms with Gasteiger partial charge in [-0.25, -0.2) is 0 Å². The maximum Gasteiger partial charge on any atom is 0.252 e. The van der Waals surface area contributed by atoms with E-state index in [1.807, 2.05) is 0 Å². The van der Waals surface area contributed by atoms with Crippen LogP contribution in [0, 0.1) is 0 Å². The Kier molecular flexibility index (Phi) is 11.6. The van der Waals surface area contributed by atoms with Crippen LogP contribution in [0.25, 0.3) is 44.5 Å². The van der Waals surface area contributed by atoms with Crippen molar-refractivity contribution in [2.45, 2.75) is 105 Å². The van der Waals surface area contributed by atoms with Crippen LogP contribution in [0.1, 0.15) is 105 Å². The summed E-state index contributed by atoms with van der Waals surface area (Å²) in [7, 11) is 0. The summed E-state index contributed by atoms with van der Waals surface area (Å²) in [6.07, 6.45) is 0. The van der Waals surface area contributed by atoms with Gasteiger partial charge < -0.3 is 9.80 Å². The van der Waals surface area contributed by atoms with E-state index < -0.39 is 0 Å². The second-order valence-electron chi connectivity index (χ2n) is 24.7. The van der Waals surface area contributed by atoms with Crippen molar-refractivity contribution in [3.63, 3.8) is 0 Å². The van der Waals surface area contributed by atoms with Crippen LogP contribution in [-0.4, -0.2) is 6.71 Å². The Labute approximate surface area is 436 Å². The Morgan fingerprint density at radius 1 is 0.274 bits per heavy atom. The monoisotopic (exact) mass is 949 g/mol. The van der Waals surface area contributed by atoms with Gasteiger partial charge in [0.2, 0.25) is 0 Å². The second-order valence-corrected chi connectivity index (χ2v) is 24.7. The molecule has 73 heavy (non-hydrogen) atoms. The minimum Gasteiger partial charge on any atom is -0.311 e. The molecule has 2 heterocycles. The quantitative estimate of drug-likeness (QED) is 0.153. The SMILES string of the molecule is CC(C)(C)c1ccc(N2c3cc(-c4ccccc4)c(C(C)(C)C)cc3B3c4cc(C(C)(C)C)c(-c5ccccc5)cc4N(c4ccc(C(C)(C)C)c(-c5ccccc5)c4)c4cccc2c43)cc1-c1ccccc1. The first-order chi connectivity index (χ1) is 34.8. The fourth-order valence-corrected chi connectivity index (χ4v) is 11.9. The van der Waals surface area contributed by atoms with Gasteiger partial charge >= 0.3 is 0 Å². The predicted octanol–water partition coefficient (Wildman–Crippen LogP) is 17.6. The minimum atomic E-state index is -0.153. The number of anilines is 6. The molecule has 2 aliphatic rings. The van der Waals surface area contributed by atoms with Crippen molar-refractivity contribution < 1.29 is 0 Å². The summed E-state index contributed by atoms with van der Waals surface area (Å²) in [6, 6.07) is 75.9. The minimum absolute atomic E-state index is 0.0644. The van der Waals surface area contributed by atoms with Crippen LogP contribution in [0.4, 0.5) is 34.1 Å². The van der Waals surface area contributed by atoms with E-state index in [0.29, 0.717) is 0 Å². The maximum atomic E-state index is 2.60. The molecule has 0 N–H and O–H groups in total. The van der Waals surface area contributed by atoms with Gasteiger partial charge in [0.1, 0.15) is 0 Å². The fourth-order valence-electron chi connectivity index (χ4n) is 11.9. The molecule has 0 aromatic heterocycles. The first-order valence-electron chi connectivity index (χ1n) is 26.4. The molecule has 0 amide bonds. The van der Waals surface area contributed by atoms with Crippen LogP contribution in [0.3, 0.4) is 0 Å². The van der Waals surface area contributed by atoms with Crippen LogP contribution in [0.15, 0.2) is 200 Å². The zero-order valence-corrected chi connectivity index (χ0v) is 45.0. The predicted molar refractivity (Wildman–Crippen MR) is 317 cm³/mol. The third kappa shape index (κ3) is 8.51. The molecule has 0 atom stereocenters. The largest absolute Gasteiger partial charge is 0.311 e. The number of hydrogen-bond acceptors (Lipinski definition) is 2. The highest BCUT2D eigenvalue weighted by atomic mass is 15.2. The lowest BCUT2D eigenvalue weighted by atomic mass is 9.33. The van der Waals surface area contributed by atoms with Crippen molar-refractivity contribution in [2.75, 3.05) is 9.80 Å². The van der Waals surface area contributed by atoms with Gasteiger partial charge in [-0.2, -0.15) is 0 Å². The zero-order chi connectivity index (χ0) is 51.2. The van der Waals surface area contributed by atoms with Crippen molar-refractivity contribution >= 4 is 57.2 Å². The van der Waals surface area contributed by atoms with E-state index in [2.05, 4.69) is 293 Å². The Balaban J connectivity index is 1.28. The molecule has 0 radical (unpaired) electrons. The zero-order valence-electron chi connectivity index (χ0n) is 45.0. The van der Waals surface area contributed by atoms with Crippen LogP contribution in [0.2, 0.25) is 0 Å². The number of fused-ring (bicyclic) bond motifs is 4. The van der Waals surface area contributed by atoms with Gasteiger partial charge in [-0.05, 0) is 153 Å². The Morgan fingerprint density at radius 3 is 0.877 bits per heavy atom. The molecule has 0 saturated carbocycles. The molecule has 362 valence electrons. The summed E-state index contributed by atoms with van der Waals surface area (Å²) in [6.45, 7) is 28.2. The molecule has 0 aliphatic carbocycles. The van der Waals surface area contributed by atoms with Crippen molar-refractivity contribution in [3.8, 4) is 44.5 Å². The normalized spacial score (nSPS) is 13.4. The lowest BCUT2D eigenvalue weighted by Gasteiger charge is -2.45. The molecule has 2 aliphatic heterocycles. The topological polar surface area (TPSA) is 6.48 Å². The molecule has 0 saturated heterocycles. The van der Waals surface area contributed by atoms with Gasteiger partial charge in [-0.15, -0.1) is 0 Å². The first kappa shape index (κ1) is 47.9. The fraction of sp³-hybridized carbons (Fsp3) is 0.229. The molecule has 9 aromatic rings. The average molecular weight is 949 g/mol. The second kappa shape index (κ2) is 17.7. The van der Waals surface area contributed by atoms with E-state index in [1.165, 1.54) is 106 Å². The van der Waals surface area contributed by atoms with E-state index in [4.69, 9.17) is 0 Å². The van der Waals surface area contributed by atoms with Crippen molar-refractivity contribution in [1.82, 2.24) is 0 Å². The summed E-state index contributed by atoms with van der Waals surface area (Å²) in [4.78, 5) is 5.21. The molecule has 0 fully saturated rings. The Bertz CT molecular complexity index is 3300. The van der Waals surface area contributed by atoms with Crippen molar-refractivity contribution in [1.29, 1.82) is 0 Å². The summed E-state index contributed by atoms with van der Waals surface area (Å²) >= 11 is 0. The maximum absolute atomic E-state index is 2.60. The van der Waals surface area contributed by atoms with Gasteiger partial charge in [0, 0.05) is 34.1 Å². The molecular formula is C70H69BN2. The Morgan fingerprint density at radius 2 is 0.575 bits per heavy atom. The summed E-state index contributed by atoms with van der Waals surface area (Å²) < 4.78 is 0. The number of rotatable bonds is 6. The van der Waals surface area contributed by atoms with Crippen LogP contribution in [-0.2, 0) is 21.7 Å². The van der Waals surface area contributed by atoms with E-state index in [9.17, 15) is 0 Å². The highest BCUT2D eigenvalue weighted by Crippen LogP contribution is 2.50. The number of benzene rings is 9. The average Bonchev–Trinajstić information content (AvgIpc) is 3.37. The molecule has 3 heteroatoms. The summed E-state index contributed by atoms with van der Waals surface area (Å²) in [5, 5.41) is 0. The first-order valence-corrected chi connectivity index (χ1v) is 26.4. The van der Waals surface area contributed by atoms with Crippen molar-refractivity contribution in [2.24, 2.45) is 0 Å².